The first kappa shape index (κ1) is 15.5. The summed E-state index contributed by atoms with van der Waals surface area (Å²) in [7, 11) is 0. The van der Waals surface area contributed by atoms with E-state index in [1.54, 1.807) is 36.4 Å². The minimum absolute atomic E-state index is 0.128. The van der Waals surface area contributed by atoms with E-state index in [0.717, 1.165) is 0 Å². The van der Waals surface area contributed by atoms with E-state index in [1.165, 1.54) is 18.3 Å². The van der Waals surface area contributed by atoms with Gasteiger partial charge in [-0.05, 0) is 54.1 Å². The summed E-state index contributed by atoms with van der Waals surface area (Å²) in [5.41, 5.74) is 3.22. The van der Waals surface area contributed by atoms with Gasteiger partial charge < -0.3 is 10.4 Å². The number of phenolic OH excluding ortho intramolecular Hbond substituents is 1. The monoisotopic (exact) mass is 317 g/mol. The van der Waals surface area contributed by atoms with Crippen LogP contribution in [0.1, 0.15) is 5.56 Å². The zero-order chi connectivity index (χ0) is 15.9. The normalized spacial score (nSPS) is 10.4. The van der Waals surface area contributed by atoms with Gasteiger partial charge in [0.15, 0.2) is 0 Å². The Labute approximate surface area is 131 Å². The van der Waals surface area contributed by atoms with Crippen LogP contribution in [0.25, 0.3) is 0 Å². The summed E-state index contributed by atoms with van der Waals surface area (Å²) in [5.74, 6) is -1.61. The molecule has 0 saturated heterocycles. The number of carbonyl (C=O) groups is 2. The largest absolute Gasteiger partial charge is 0.508 e. The van der Waals surface area contributed by atoms with Crippen LogP contribution in [0.2, 0.25) is 5.02 Å². The van der Waals surface area contributed by atoms with Crippen LogP contribution in [0.15, 0.2) is 53.6 Å². The fourth-order valence-corrected chi connectivity index (χ4v) is 1.62. The number of aromatic hydroxyl groups is 1. The SMILES string of the molecule is O=C(N/N=C/c1ccc(O)cc1)C(=O)Nc1ccc(Cl)cc1. The molecule has 0 aliphatic carbocycles. The van der Waals surface area contributed by atoms with Crippen molar-refractivity contribution < 1.29 is 14.7 Å². The molecule has 3 N–H and O–H groups in total. The van der Waals surface area contributed by atoms with E-state index in [0.29, 0.717) is 16.3 Å². The summed E-state index contributed by atoms with van der Waals surface area (Å²) >= 11 is 5.72. The van der Waals surface area contributed by atoms with Crippen molar-refractivity contribution >= 4 is 35.3 Å². The van der Waals surface area contributed by atoms with Gasteiger partial charge in [-0.15, -0.1) is 0 Å². The molecule has 2 aromatic carbocycles. The third kappa shape index (κ3) is 4.60. The van der Waals surface area contributed by atoms with E-state index >= 15 is 0 Å². The first-order chi connectivity index (χ1) is 10.5. The summed E-state index contributed by atoms with van der Waals surface area (Å²) < 4.78 is 0. The van der Waals surface area contributed by atoms with Crippen LogP contribution < -0.4 is 10.7 Å². The van der Waals surface area contributed by atoms with Crippen LogP contribution in [-0.2, 0) is 9.59 Å². The Hall–Kier alpha value is -2.86. The summed E-state index contributed by atoms with van der Waals surface area (Å²) in [4.78, 5) is 23.2. The molecule has 0 atom stereocenters. The number of benzene rings is 2. The van der Waals surface area contributed by atoms with Crippen LogP contribution in [0, 0.1) is 0 Å². The highest BCUT2D eigenvalue weighted by Gasteiger charge is 2.12. The van der Waals surface area contributed by atoms with E-state index in [2.05, 4.69) is 15.8 Å². The Morgan fingerprint density at radius 1 is 1.00 bits per heavy atom. The van der Waals surface area contributed by atoms with Gasteiger partial charge in [0.1, 0.15) is 5.75 Å². The summed E-state index contributed by atoms with van der Waals surface area (Å²) in [5, 5.41) is 15.7. The average Bonchev–Trinajstić information content (AvgIpc) is 2.51. The molecule has 0 bridgehead atoms. The quantitative estimate of drug-likeness (QED) is 0.460. The highest BCUT2D eigenvalue weighted by molar-refractivity contribution is 6.39. The second-order valence-electron chi connectivity index (χ2n) is 4.25. The molecule has 0 unspecified atom stereocenters. The predicted molar refractivity (Wildman–Crippen MR) is 83.9 cm³/mol. The molecule has 2 amide bonds. The number of carbonyl (C=O) groups excluding carboxylic acids is 2. The molecule has 112 valence electrons. The number of anilines is 1. The van der Waals surface area contributed by atoms with Crippen LogP contribution in [-0.4, -0.2) is 23.1 Å². The molecule has 0 heterocycles. The number of hydrogen-bond acceptors (Lipinski definition) is 4. The Morgan fingerprint density at radius 3 is 2.27 bits per heavy atom. The highest BCUT2D eigenvalue weighted by atomic mass is 35.5. The Kier molecular flexibility index (Phi) is 5.11. The third-order valence-corrected chi connectivity index (χ3v) is 2.83. The molecule has 0 fully saturated rings. The minimum Gasteiger partial charge on any atom is -0.508 e. The minimum atomic E-state index is -0.898. The fraction of sp³-hybridized carbons (Fsp3) is 0. The van der Waals surface area contributed by atoms with Crippen LogP contribution in [0.4, 0.5) is 5.69 Å². The average molecular weight is 318 g/mol. The second-order valence-corrected chi connectivity index (χ2v) is 4.69. The second kappa shape index (κ2) is 7.24. The molecule has 22 heavy (non-hydrogen) atoms. The highest BCUT2D eigenvalue weighted by Crippen LogP contribution is 2.13. The van der Waals surface area contributed by atoms with Crippen molar-refractivity contribution in [2.75, 3.05) is 5.32 Å². The van der Waals surface area contributed by atoms with Crippen LogP contribution in [0.3, 0.4) is 0 Å². The predicted octanol–water partition coefficient (Wildman–Crippen LogP) is 2.13. The molecule has 0 aliphatic rings. The molecule has 0 radical (unpaired) electrons. The van der Waals surface area contributed by atoms with Gasteiger partial charge in [-0.3, -0.25) is 9.59 Å². The topological polar surface area (TPSA) is 90.8 Å². The first-order valence-electron chi connectivity index (χ1n) is 6.23. The first-order valence-corrected chi connectivity index (χ1v) is 6.61. The van der Waals surface area contributed by atoms with Gasteiger partial charge in [0.2, 0.25) is 0 Å². The van der Waals surface area contributed by atoms with Crippen molar-refractivity contribution in [2.24, 2.45) is 5.10 Å². The number of hydrazone groups is 1. The summed E-state index contributed by atoms with van der Waals surface area (Å²) in [6.07, 6.45) is 1.35. The lowest BCUT2D eigenvalue weighted by Gasteiger charge is -2.03. The van der Waals surface area contributed by atoms with Crippen molar-refractivity contribution in [1.82, 2.24) is 5.43 Å². The Morgan fingerprint density at radius 2 is 1.64 bits per heavy atom. The maximum absolute atomic E-state index is 11.6. The molecule has 0 saturated carbocycles. The Balaban J connectivity index is 1.87. The van der Waals surface area contributed by atoms with Crippen molar-refractivity contribution in [3.8, 4) is 5.75 Å². The number of amides is 2. The molecule has 0 spiro atoms. The van der Waals surface area contributed by atoms with E-state index < -0.39 is 11.8 Å². The molecule has 0 aromatic heterocycles. The third-order valence-electron chi connectivity index (χ3n) is 2.58. The Bertz CT molecular complexity index is 697. The maximum atomic E-state index is 11.6. The standard InChI is InChI=1S/C15H12ClN3O3/c16-11-3-5-12(6-4-11)18-14(21)15(22)19-17-9-10-1-7-13(20)8-2-10/h1-9,20H,(H,18,21)(H,19,22)/b17-9+. The lowest BCUT2D eigenvalue weighted by atomic mass is 10.2. The molecular formula is C15H12ClN3O3. The number of phenols is 1. The summed E-state index contributed by atoms with van der Waals surface area (Å²) in [6, 6.07) is 12.5. The van der Waals surface area contributed by atoms with E-state index in [1.807, 2.05) is 0 Å². The number of rotatable bonds is 3. The van der Waals surface area contributed by atoms with E-state index in [4.69, 9.17) is 16.7 Å². The number of nitrogens with zero attached hydrogens (tertiary/aromatic N) is 1. The van der Waals surface area contributed by atoms with Crippen molar-refractivity contribution in [2.45, 2.75) is 0 Å². The van der Waals surface area contributed by atoms with Crippen molar-refractivity contribution in [1.29, 1.82) is 0 Å². The van der Waals surface area contributed by atoms with Crippen LogP contribution >= 0.6 is 11.6 Å². The van der Waals surface area contributed by atoms with Gasteiger partial charge in [0, 0.05) is 10.7 Å². The van der Waals surface area contributed by atoms with Gasteiger partial charge in [-0.1, -0.05) is 11.6 Å². The zero-order valence-electron chi connectivity index (χ0n) is 11.3. The number of halogens is 1. The lowest BCUT2D eigenvalue weighted by Crippen LogP contribution is -2.32. The van der Waals surface area contributed by atoms with Gasteiger partial charge in [0.05, 0.1) is 6.21 Å². The smallest absolute Gasteiger partial charge is 0.329 e. The van der Waals surface area contributed by atoms with Gasteiger partial charge in [-0.2, -0.15) is 5.10 Å². The molecule has 7 heteroatoms. The summed E-state index contributed by atoms with van der Waals surface area (Å²) in [6.45, 7) is 0. The molecule has 6 nitrogen and oxygen atoms in total. The molecular weight excluding hydrogens is 306 g/mol. The molecule has 0 aliphatic heterocycles. The van der Waals surface area contributed by atoms with Crippen molar-refractivity contribution in [3.05, 3.63) is 59.1 Å². The fourth-order valence-electron chi connectivity index (χ4n) is 1.50. The molecule has 2 aromatic rings. The van der Waals surface area contributed by atoms with E-state index in [-0.39, 0.29) is 5.75 Å². The van der Waals surface area contributed by atoms with Gasteiger partial charge in [-0.25, -0.2) is 5.43 Å². The lowest BCUT2D eigenvalue weighted by molar-refractivity contribution is -0.136. The molecule has 2 rings (SSSR count). The van der Waals surface area contributed by atoms with Gasteiger partial charge >= 0.3 is 11.8 Å². The van der Waals surface area contributed by atoms with Gasteiger partial charge in [0.25, 0.3) is 0 Å². The van der Waals surface area contributed by atoms with Crippen LogP contribution in [0.5, 0.6) is 5.75 Å². The zero-order valence-corrected chi connectivity index (χ0v) is 12.0. The maximum Gasteiger partial charge on any atom is 0.329 e. The van der Waals surface area contributed by atoms with E-state index in [9.17, 15) is 9.59 Å². The van der Waals surface area contributed by atoms with Crippen molar-refractivity contribution in [3.63, 3.8) is 0 Å². The number of hydrogen-bond donors (Lipinski definition) is 3. The number of nitrogens with one attached hydrogen (secondary N) is 2.